The maximum absolute atomic E-state index is 10.9. The molecule has 2 atom stereocenters. The monoisotopic (exact) mass is 139 g/mol. The summed E-state index contributed by atoms with van der Waals surface area (Å²) in [6.45, 7) is 1.81. The van der Waals surface area contributed by atoms with Gasteiger partial charge in [0.25, 0.3) is 5.91 Å². The standard InChI is InChI=1S/C7H9NO2/c1-3-8-5(2)4-6(9)7(8)10/h1,5-6,9H,4H2,2H3. The molecule has 1 fully saturated rings. The largest absolute Gasteiger partial charge is 0.383 e. The van der Waals surface area contributed by atoms with Gasteiger partial charge in [-0.25, -0.2) is 0 Å². The van der Waals surface area contributed by atoms with Crippen LogP contribution in [0.3, 0.4) is 0 Å². The zero-order valence-electron chi connectivity index (χ0n) is 5.74. The summed E-state index contributed by atoms with van der Waals surface area (Å²) in [6.07, 6.45) is 4.59. The molecule has 0 radical (unpaired) electrons. The maximum atomic E-state index is 10.9. The molecule has 0 aromatic carbocycles. The Morgan fingerprint density at radius 2 is 2.50 bits per heavy atom. The van der Waals surface area contributed by atoms with Crippen molar-refractivity contribution >= 4 is 5.91 Å². The summed E-state index contributed by atoms with van der Waals surface area (Å²) < 4.78 is 0. The molecular formula is C7H9NO2. The summed E-state index contributed by atoms with van der Waals surface area (Å²) in [4.78, 5) is 12.1. The Kier molecular flexibility index (Phi) is 1.64. The molecule has 3 nitrogen and oxygen atoms in total. The third-order valence-electron chi connectivity index (χ3n) is 1.67. The van der Waals surface area contributed by atoms with Gasteiger partial charge < -0.3 is 5.11 Å². The van der Waals surface area contributed by atoms with Gasteiger partial charge in [-0.05, 0) is 6.92 Å². The Bertz CT molecular complexity index is 194. The van der Waals surface area contributed by atoms with Crippen LogP contribution in [0.25, 0.3) is 0 Å². The Balaban J connectivity index is 2.76. The fourth-order valence-corrected chi connectivity index (χ4v) is 1.10. The molecule has 0 spiro atoms. The first kappa shape index (κ1) is 7.10. The van der Waals surface area contributed by atoms with E-state index in [1.54, 1.807) is 0 Å². The predicted octanol–water partition coefficient (Wildman–Crippen LogP) is -0.441. The zero-order chi connectivity index (χ0) is 7.72. The lowest BCUT2D eigenvalue weighted by Crippen LogP contribution is -2.28. The molecule has 1 saturated heterocycles. The number of aliphatic hydroxyl groups is 1. The van der Waals surface area contributed by atoms with Crippen molar-refractivity contribution in [2.45, 2.75) is 25.5 Å². The van der Waals surface area contributed by atoms with Gasteiger partial charge in [-0.2, -0.15) is 0 Å². The molecule has 1 heterocycles. The number of hydrogen-bond donors (Lipinski definition) is 1. The van der Waals surface area contributed by atoms with E-state index in [1.165, 1.54) is 4.90 Å². The molecule has 1 rings (SSSR count). The second-order valence-electron chi connectivity index (χ2n) is 2.44. The Labute approximate surface area is 59.6 Å². The van der Waals surface area contributed by atoms with Crippen molar-refractivity contribution in [3.63, 3.8) is 0 Å². The Morgan fingerprint density at radius 3 is 2.70 bits per heavy atom. The van der Waals surface area contributed by atoms with E-state index in [0.29, 0.717) is 6.42 Å². The molecular weight excluding hydrogens is 130 g/mol. The molecule has 3 heteroatoms. The van der Waals surface area contributed by atoms with Crippen LogP contribution in [-0.4, -0.2) is 28.1 Å². The number of likely N-dealkylation sites (tertiary alicyclic amines) is 1. The predicted molar refractivity (Wildman–Crippen MR) is 35.8 cm³/mol. The molecule has 0 aromatic rings. The number of carbonyl (C=O) groups excluding carboxylic acids is 1. The van der Waals surface area contributed by atoms with Gasteiger partial charge in [-0.3, -0.25) is 9.69 Å². The summed E-state index contributed by atoms with van der Waals surface area (Å²) in [6, 6.07) is 2.20. The first-order valence-corrected chi connectivity index (χ1v) is 3.14. The van der Waals surface area contributed by atoms with Crippen molar-refractivity contribution in [1.29, 1.82) is 0 Å². The minimum absolute atomic E-state index is 0.0208. The second-order valence-corrected chi connectivity index (χ2v) is 2.44. The van der Waals surface area contributed by atoms with Crippen LogP contribution in [0.2, 0.25) is 0 Å². The highest BCUT2D eigenvalue weighted by Gasteiger charge is 2.34. The number of hydrogen-bond acceptors (Lipinski definition) is 2. The topological polar surface area (TPSA) is 40.5 Å². The molecule has 1 aliphatic rings. The van der Waals surface area contributed by atoms with Crippen molar-refractivity contribution < 1.29 is 9.90 Å². The molecule has 54 valence electrons. The summed E-state index contributed by atoms with van der Waals surface area (Å²) in [5.74, 6) is -0.352. The van der Waals surface area contributed by atoms with Gasteiger partial charge >= 0.3 is 0 Å². The van der Waals surface area contributed by atoms with Crippen molar-refractivity contribution in [3.8, 4) is 12.5 Å². The average molecular weight is 139 g/mol. The lowest BCUT2D eigenvalue weighted by Gasteiger charge is -2.11. The van der Waals surface area contributed by atoms with Crippen LogP contribution in [-0.2, 0) is 4.79 Å². The Hall–Kier alpha value is -1.01. The fraction of sp³-hybridized carbons (Fsp3) is 0.571. The molecule has 0 aliphatic carbocycles. The third-order valence-corrected chi connectivity index (χ3v) is 1.67. The second kappa shape index (κ2) is 2.31. The van der Waals surface area contributed by atoms with E-state index in [0.717, 1.165) is 0 Å². The van der Waals surface area contributed by atoms with Crippen LogP contribution in [0, 0.1) is 12.5 Å². The van der Waals surface area contributed by atoms with Crippen LogP contribution >= 0.6 is 0 Å². The molecule has 0 saturated carbocycles. The lowest BCUT2D eigenvalue weighted by atomic mass is 10.2. The van der Waals surface area contributed by atoms with Crippen LogP contribution in [0.1, 0.15) is 13.3 Å². The first-order chi connectivity index (χ1) is 4.66. The summed E-state index contributed by atoms with van der Waals surface area (Å²) in [5, 5.41) is 8.98. The van der Waals surface area contributed by atoms with Gasteiger partial charge in [-0.15, -0.1) is 0 Å². The van der Waals surface area contributed by atoms with Crippen LogP contribution < -0.4 is 0 Å². The fourth-order valence-electron chi connectivity index (χ4n) is 1.10. The summed E-state index contributed by atoms with van der Waals surface area (Å²) in [5.41, 5.74) is 0. The average Bonchev–Trinajstić information content (AvgIpc) is 2.09. The molecule has 1 N–H and O–H groups in total. The number of amides is 1. The van der Waals surface area contributed by atoms with Crippen molar-refractivity contribution in [3.05, 3.63) is 0 Å². The van der Waals surface area contributed by atoms with E-state index in [1.807, 2.05) is 6.92 Å². The van der Waals surface area contributed by atoms with Gasteiger partial charge in [-0.1, -0.05) is 6.42 Å². The normalized spacial score (nSPS) is 32.5. The molecule has 0 aromatic heterocycles. The van der Waals surface area contributed by atoms with Crippen LogP contribution in [0.4, 0.5) is 0 Å². The minimum Gasteiger partial charge on any atom is -0.383 e. The summed E-state index contributed by atoms with van der Waals surface area (Å²) >= 11 is 0. The lowest BCUT2D eigenvalue weighted by molar-refractivity contribution is -0.132. The molecule has 1 amide bonds. The maximum Gasteiger partial charge on any atom is 0.263 e. The van der Waals surface area contributed by atoms with Gasteiger partial charge in [0.1, 0.15) is 6.10 Å². The molecule has 10 heavy (non-hydrogen) atoms. The molecule has 2 unspecified atom stereocenters. The number of aliphatic hydroxyl groups excluding tert-OH is 1. The van der Waals surface area contributed by atoms with E-state index < -0.39 is 6.10 Å². The quantitative estimate of drug-likeness (QED) is 0.462. The summed E-state index contributed by atoms with van der Waals surface area (Å²) in [7, 11) is 0. The molecule has 0 bridgehead atoms. The van der Waals surface area contributed by atoms with E-state index in [-0.39, 0.29) is 11.9 Å². The van der Waals surface area contributed by atoms with Crippen LogP contribution in [0.5, 0.6) is 0 Å². The van der Waals surface area contributed by atoms with E-state index >= 15 is 0 Å². The third kappa shape index (κ3) is 0.869. The van der Waals surface area contributed by atoms with Crippen molar-refractivity contribution in [2.75, 3.05) is 0 Å². The molecule has 1 aliphatic heterocycles. The van der Waals surface area contributed by atoms with Gasteiger partial charge in [0.15, 0.2) is 0 Å². The number of carbonyl (C=O) groups is 1. The Morgan fingerprint density at radius 1 is 1.90 bits per heavy atom. The number of nitrogens with zero attached hydrogens (tertiary/aromatic N) is 1. The number of terminal acetylenes is 1. The zero-order valence-corrected chi connectivity index (χ0v) is 5.74. The number of rotatable bonds is 0. The van der Waals surface area contributed by atoms with Gasteiger partial charge in [0.2, 0.25) is 0 Å². The first-order valence-electron chi connectivity index (χ1n) is 3.14. The van der Waals surface area contributed by atoms with E-state index in [4.69, 9.17) is 11.5 Å². The van der Waals surface area contributed by atoms with E-state index in [9.17, 15) is 4.79 Å². The highest BCUT2D eigenvalue weighted by atomic mass is 16.3. The van der Waals surface area contributed by atoms with E-state index in [2.05, 4.69) is 6.04 Å². The minimum atomic E-state index is -0.883. The SMILES string of the molecule is C#CN1C(=O)C(O)CC1C. The highest BCUT2D eigenvalue weighted by molar-refractivity contribution is 5.84. The van der Waals surface area contributed by atoms with Gasteiger partial charge in [0.05, 0.1) is 0 Å². The van der Waals surface area contributed by atoms with Crippen LogP contribution in [0.15, 0.2) is 0 Å². The highest BCUT2D eigenvalue weighted by Crippen LogP contribution is 2.16. The smallest absolute Gasteiger partial charge is 0.263 e. The van der Waals surface area contributed by atoms with Gasteiger partial charge in [0, 0.05) is 18.5 Å². The van der Waals surface area contributed by atoms with Crippen molar-refractivity contribution in [2.24, 2.45) is 0 Å². The van der Waals surface area contributed by atoms with Crippen molar-refractivity contribution in [1.82, 2.24) is 4.90 Å².